The summed E-state index contributed by atoms with van der Waals surface area (Å²) in [5.74, 6) is 0.794. The molecule has 1 amide bonds. The molecule has 3 N–H and O–H groups in total. The Morgan fingerprint density at radius 2 is 1.93 bits per heavy atom. The zero-order chi connectivity index (χ0) is 20.4. The highest BCUT2D eigenvalue weighted by molar-refractivity contribution is 5.94. The minimum absolute atomic E-state index is 0.0617. The van der Waals surface area contributed by atoms with E-state index in [4.69, 9.17) is 4.74 Å². The number of amides is 1. The number of ether oxygens (including phenoxy) is 1. The van der Waals surface area contributed by atoms with Gasteiger partial charge in [0, 0.05) is 35.1 Å². The van der Waals surface area contributed by atoms with Crippen molar-refractivity contribution in [2.24, 2.45) is 0 Å². The second kappa shape index (κ2) is 8.27. The van der Waals surface area contributed by atoms with Gasteiger partial charge >= 0.3 is 0 Å². The highest BCUT2D eigenvalue weighted by atomic mass is 16.5. The molecule has 29 heavy (non-hydrogen) atoms. The van der Waals surface area contributed by atoms with Crippen LogP contribution in [0.1, 0.15) is 47.9 Å². The number of hydrogen-bond donors (Lipinski definition) is 3. The molecule has 1 aliphatic rings. The average molecular weight is 393 g/mol. The molecule has 3 aromatic rings. The molecular weight excluding hydrogens is 364 g/mol. The Balaban J connectivity index is 1.48. The number of hydrazine groups is 1. The van der Waals surface area contributed by atoms with E-state index in [1.807, 2.05) is 30.3 Å². The number of fused-ring (bicyclic) bond motifs is 1. The van der Waals surface area contributed by atoms with Crippen molar-refractivity contribution in [1.29, 1.82) is 0 Å². The smallest absolute Gasteiger partial charge is 0.252 e. The second-order valence-electron chi connectivity index (χ2n) is 7.39. The Bertz CT molecular complexity index is 1010. The van der Waals surface area contributed by atoms with Gasteiger partial charge in [-0.1, -0.05) is 19.1 Å². The fraction of sp³-hybridized carbons (Fsp3) is 0.348. The van der Waals surface area contributed by atoms with Gasteiger partial charge in [0.25, 0.3) is 5.91 Å². The lowest BCUT2D eigenvalue weighted by atomic mass is 10.1. The summed E-state index contributed by atoms with van der Waals surface area (Å²) < 4.78 is 7.67. The predicted molar refractivity (Wildman–Crippen MR) is 115 cm³/mol. The van der Waals surface area contributed by atoms with Gasteiger partial charge in [0.1, 0.15) is 5.75 Å². The lowest BCUT2D eigenvalue weighted by molar-refractivity contribution is 0.0932. The Morgan fingerprint density at radius 3 is 2.62 bits per heavy atom. The third kappa shape index (κ3) is 3.86. The fourth-order valence-electron chi connectivity index (χ4n) is 4.02. The number of carbonyl (C=O) groups excluding carboxylic acids is 1. The summed E-state index contributed by atoms with van der Waals surface area (Å²) in [5.41, 5.74) is 10.9. The predicted octanol–water partition coefficient (Wildman–Crippen LogP) is 3.53. The molecule has 0 aliphatic carbocycles. The molecule has 6 nitrogen and oxygen atoms in total. The van der Waals surface area contributed by atoms with Gasteiger partial charge in [-0.15, -0.1) is 0 Å². The van der Waals surface area contributed by atoms with Crippen molar-refractivity contribution >= 4 is 16.8 Å². The van der Waals surface area contributed by atoms with E-state index in [1.165, 1.54) is 16.8 Å². The molecule has 2 atom stereocenters. The van der Waals surface area contributed by atoms with Gasteiger partial charge in [-0.25, -0.2) is 10.9 Å². The zero-order valence-corrected chi connectivity index (χ0v) is 17.2. The van der Waals surface area contributed by atoms with Gasteiger partial charge in [-0.05, 0) is 55.3 Å². The number of nitrogens with one attached hydrogen (secondary N) is 3. The third-order valence-corrected chi connectivity index (χ3v) is 5.65. The van der Waals surface area contributed by atoms with Crippen molar-refractivity contribution in [3.05, 3.63) is 65.4 Å². The normalized spacial score (nSPS) is 18.9. The standard InChI is InChI=1S/C23H28N4O2/c1-4-15-6-8-16(9-7-15)23(28)24-22-14-19(25-26-22)21-13-17-12-18(29-3)10-11-20(17)27(21)5-2/h6-13,19,22,25-26H,4-5,14H2,1-3H3,(H,24,28). The van der Waals surface area contributed by atoms with Crippen LogP contribution in [0.2, 0.25) is 0 Å². The highest BCUT2D eigenvalue weighted by Crippen LogP contribution is 2.30. The molecule has 2 unspecified atom stereocenters. The molecule has 0 radical (unpaired) electrons. The van der Waals surface area contributed by atoms with E-state index >= 15 is 0 Å². The monoisotopic (exact) mass is 392 g/mol. The Morgan fingerprint density at radius 1 is 1.14 bits per heavy atom. The van der Waals surface area contributed by atoms with Gasteiger partial charge < -0.3 is 14.6 Å². The third-order valence-electron chi connectivity index (χ3n) is 5.65. The van der Waals surface area contributed by atoms with E-state index in [2.05, 4.69) is 52.8 Å². The van der Waals surface area contributed by atoms with Crippen LogP contribution in [0.25, 0.3) is 10.9 Å². The first kappa shape index (κ1) is 19.5. The summed E-state index contributed by atoms with van der Waals surface area (Å²) in [4.78, 5) is 12.6. The van der Waals surface area contributed by atoms with E-state index in [0.717, 1.165) is 30.5 Å². The number of aryl methyl sites for hydroxylation is 2. The largest absolute Gasteiger partial charge is 0.497 e. The molecule has 152 valence electrons. The average Bonchev–Trinajstić information content (AvgIpc) is 3.37. The van der Waals surface area contributed by atoms with Gasteiger partial charge in [0.2, 0.25) is 0 Å². The molecule has 1 saturated heterocycles. The van der Waals surface area contributed by atoms with Gasteiger partial charge in [-0.3, -0.25) is 4.79 Å². The molecule has 0 spiro atoms. The van der Waals surface area contributed by atoms with E-state index in [0.29, 0.717) is 5.56 Å². The van der Waals surface area contributed by atoms with Crippen molar-refractivity contribution in [2.45, 2.75) is 45.4 Å². The summed E-state index contributed by atoms with van der Waals surface area (Å²) in [6.07, 6.45) is 1.61. The fourth-order valence-corrected chi connectivity index (χ4v) is 4.02. The molecule has 2 aromatic carbocycles. The van der Waals surface area contributed by atoms with E-state index < -0.39 is 0 Å². The SMILES string of the molecule is CCc1ccc(C(=O)NC2CC(c3cc4cc(OC)ccc4n3CC)NN2)cc1. The minimum Gasteiger partial charge on any atom is -0.497 e. The van der Waals surface area contributed by atoms with Crippen molar-refractivity contribution in [3.63, 3.8) is 0 Å². The quantitative estimate of drug-likeness (QED) is 0.600. The number of benzene rings is 2. The molecule has 0 saturated carbocycles. The van der Waals surface area contributed by atoms with Crippen LogP contribution >= 0.6 is 0 Å². The lowest BCUT2D eigenvalue weighted by Gasteiger charge is -2.14. The van der Waals surface area contributed by atoms with Crippen LogP contribution in [-0.4, -0.2) is 23.7 Å². The van der Waals surface area contributed by atoms with Crippen molar-refractivity contribution in [1.82, 2.24) is 20.7 Å². The molecule has 6 heteroatoms. The van der Waals surface area contributed by atoms with E-state index in [-0.39, 0.29) is 18.1 Å². The molecule has 1 fully saturated rings. The van der Waals surface area contributed by atoms with E-state index in [9.17, 15) is 4.79 Å². The lowest BCUT2D eigenvalue weighted by Crippen LogP contribution is -2.44. The zero-order valence-electron chi connectivity index (χ0n) is 17.2. The first-order valence-corrected chi connectivity index (χ1v) is 10.2. The maximum absolute atomic E-state index is 12.6. The highest BCUT2D eigenvalue weighted by Gasteiger charge is 2.29. The number of carbonyl (C=O) groups is 1. The van der Waals surface area contributed by atoms with Crippen LogP contribution in [0.15, 0.2) is 48.5 Å². The summed E-state index contributed by atoms with van der Waals surface area (Å²) in [6.45, 7) is 5.13. The van der Waals surface area contributed by atoms with Crippen LogP contribution in [0.5, 0.6) is 5.75 Å². The Hall–Kier alpha value is -2.83. The van der Waals surface area contributed by atoms with Crippen LogP contribution in [0.4, 0.5) is 0 Å². The first-order chi connectivity index (χ1) is 14.1. The Kier molecular flexibility index (Phi) is 5.56. The summed E-state index contributed by atoms with van der Waals surface area (Å²) >= 11 is 0. The van der Waals surface area contributed by atoms with Crippen LogP contribution in [0.3, 0.4) is 0 Å². The second-order valence-corrected chi connectivity index (χ2v) is 7.39. The number of rotatable bonds is 6. The summed E-state index contributed by atoms with van der Waals surface area (Å²) in [6, 6.07) is 16.3. The van der Waals surface area contributed by atoms with Crippen LogP contribution in [-0.2, 0) is 13.0 Å². The number of methoxy groups -OCH3 is 1. The number of nitrogens with zero attached hydrogens (tertiary/aromatic N) is 1. The minimum atomic E-state index is -0.129. The van der Waals surface area contributed by atoms with Crippen LogP contribution < -0.4 is 20.9 Å². The van der Waals surface area contributed by atoms with E-state index in [1.54, 1.807) is 7.11 Å². The summed E-state index contributed by atoms with van der Waals surface area (Å²) in [7, 11) is 1.68. The number of aromatic nitrogens is 1. The maximum atomic E-state index is 12.6. The number of hydrogen-bond acceptors (Lipinski definition) is 4. The first-order valence-electron chi connectivity index (χ1n) is 10.2. The molecule has 0 bridgehead atoms. The van der Waals surface area contributed by atoms with Crippen molar-refractivity contribution in [3.8, 4) is 5.75 Å². The summed E-state index contributed by atoms with van der Waals surface area (Å²) in [5, 5.41) is 4.24. The molecule has 2 heterocycles. The van der Waals surface area contributed by atoms with Crippen LogP contribution in [0, 0.1) is 0 Å². The van der Waals surface area contributed by atoms with Gasteiger partial charge in [0.05, 0.1) is 19.3 Å². The molecule has 1 aromatic heterocycles. The topological polar surface area (TPSA) is 67.3 Å². The molecule has 4 rings (SSSR count). The van der Waals surface area contributed by atoms with Crippen molar-refractivity contribution in [2.75, 3.05) is 7.11 Å². The molecule has 1 aliphatic heterocycles. The molecular formula is C23H28N4O2. The van der Waals surface area contributed by atoms with Gasteiger partial charge in [-0.2, -0.15) is 0 Å². The maximum Gasteiger partial charge on any atom is 0.252 e. The van der Waals surface area contributed by atoms with Gasteiger partial charge in [0.15, 0.2) is 0 Å². The van der Waals surface area contributed by atoms with Crippen molar-refractivity contribution < 1.29 is 9.53 Å². The Labute approximate surface area is 171 Å².